The zero-order valence-corrected chi connectivity index (χ0v) is 60.2. The fourth-order valence-electron chi connectivity index (χ4n) is 8.75. The van der Waals surface area contributed by atoms with Gasteiger partial charge in [-0.15, -0.1) is 0 Å². The number of likely N-dealkylation sites (tertiary alicyclic amines) is 2. The van der Waals surface area contributed by atoms with Gasteiger partial charge in [0.1, 0.15) is 26.4 Å². The summed E-state index contributed by atoms with van der Waals surface area (Å²) in [6.07, 6.45) is 4.14. The summed E-state index contributed by atoms with van der Waals surface area (Å²) in [6, 6.07) is 6.56. The monoisotopic (exact) mass is 1470 g/mol. The fraction of sp³-hybridized carbons (Fsp3) is 0.556. The van der Waals surface area contributed by atoms with Gasteiger partial charge in [0, 0.05) is 112 Å². The van der Waals surface area contributed by atoms with Crippen molar-refractivity contribution < 1.29 is 134 Å². The maximum Gasteiger partial charge on any atom is 0.347 e. The number of hydrogen-bond donors (Lipinski definition) is 0. The smallest absolute Gasteiger partial charge is 0.347 e. The van der Waals surface area contributed by atoms with Crippen molar-refractivity contribution in [2.75, 3.05) is 125 Å². The normalized spacial score (nSPS) is 14.8. The summed E-state index contributed by atoms with van der Waals surface area (Å²) < 4.78 is 59.1. The second-order valence-corrected chi connectivity index (χ2v) is 23.6. The van der Waals surface area contributed by atoms with Crippen LogP contribution in [0.1, 0.15) is 152 Å². The predicted molar refractivity (Wildman–Crippen MR) is 365 cm³/mol. The largest absolute Gasteiger partial charge is 0.464 e. The van der Waals surface area contributed by atoms with Crippen molar-refractivity contribution in [1.29, 1.82) is 0 Å². The van der Waals surface area contributed by atoms with Crippen LogP contribution in [0, 0.1) is 0 Å². The molecule has 32 nitrogen and oxygen atoms in total. The molecule has 5 heterocycles. The van der Waals surface area contributed by atoms with Gasteiger partial charge in [0.05, 0.1) is 83.6 Å². The average Bonchev–Trinajstić information content (AvgIpc) is 1.64. The summed E-state index contributed by atoms with van der Waals surface area (Å²) in [5, 5.41) is 0. The molecule has 0 bridgehead atoms. The second-order valence-electron chi connectivity index (χ2n) is 23.6. The number of imide groups is 2. The van der Waals surface area contributed by atoms with E-state index in [-0.39, 0.29) is 159 Å². The van der Waals surface area contributed by atoms with Crippen molar-refractivity contribution >= 4 is 95.2 Å². The Balaban J connectivity index is 0.000000444. The molecule has 1 aromatic carbocycles. The van der Waals surface area contributed by atoms with E-state index in [0.29, 0.717) is 97.1 Å². The lowest BCUT2D eigenvalue weighted by atomic mass is 10.1. The van der Waals surface area contributed by atoms with Gasteiger partial charge in [-0.3, -0.25) is 62.6 Å². The minimum atomic E-state index is -0.782. The molecular formula is C72H98N4O28. The van der Waals surface area contributed by atoms with Crippen LogP contribution in [-0.2, 0) is 124 Å². The highest BCUT2D eigenvalue weighted by atomic mass is 16.6. The number of cyclic esters (lactones) is 1. The molecule has 0 aromatic heterocycles. The molecule has 32 heteroatoms. The fourth-order valence-corrected chi connectivity index (χ4v) is 8.75. The summed E-state index contributed by atoms with van der Waals surface area (Å²) in [4.78, 5) is 188. The highest BCUT2D eigenvalue weighted by Gasteiger charge is 2.35. The van der Waals surface area contributed by atoms with Gasteiger partial charge in [-0.2, -0.15) is 0 Å². The van der Waals surface area contributed by atoms with Gasteiger partial charge < -0.3 is 61.7 Å². The van der Waals surface area contributed by atoms with Crippen LogP contribution in [-0.4, -0.2) is 246 Å². The summed E-state index contributed by atoms with van der Waals surface area (Å²) in [5.41, 5.74) is 2.32. The molecule has 5 aliphatic rings. The van der Waals surface area contributed by atoms with Crippen molar-refractivity contribution in [3.05, 3.63) is 96.2 Å². The van der Waals surface area contributed by atoms with E-state index in [1.54, 1.807) is 49.9 Å². The maximum absolute atomic E-state index is 12.1. The molecule has 4 saturated heterocycles. The van der Waals surface area contributed by atoms with Crippen LogP contribution in [0.2, 0.25) is 0 Å². The van der Waals surface area contributed by atoms with Crippen LogP contribution in [0.4, 0.5) is 0 Å². The summed E-state index contributed by atoms with van der Waals surface area (Å²) in [5.74, 6) is -6.02. The lowest BCUT2D eigenvalue weighted by Gasteiger charge is -2.26. The first-order valence-electron chi connectivity index (χ1n) is 33.9. The first-order valence-corrected chi connectivity index (χ1v) is 33.9. The molecule has 1 aromatic rings. The van der Waals surface area contributed by atoms with Crippen molar-refractivity contribution in [2.24, 2.45) is 0 Å². The quantitative estimate of drug-likeness (QED) is 0.0280. The highest BCUT2D eigenvalue weighted by Crippen LogP contribution is 2.22. The number of fused-ring (bicyclic) bond motifs is 1. The third-order valence-electron chi connectivity index (χ3n) is 14.5. The molecule has 104 heavy (non-hydrogen) atoms. The minimum Gasteiger partial charge on any atom is -0.464 e. The summed E-state index contributed by atoms with van der Waals surface area (Å²) in [6.45, 7) is 31.8. The number of benzene rings is 1. The van der Waals surface area contributed by atoms with Gasteiger partial charge >= 0.3 is 65.7 Å². The Morgan fingerprint density at radius 2 is 0.750 bits per heavy atom. The van der Waals surface area contributed by atoms with E-state index in [0.717, 1.165) is 55.6 Å². The number of carbonyl (C=O) groups is 16. The molecule has 0 N–H and O–H groups in total. The molecule has 5 amide bonds. The molecule has 1 unspecified atom stereocenters. The van der Waals surface area contributed by atoms with Crippen LogP contribution in [0.5, 0.6) is 0 Å². The molecule has 5 aliphatic heterocycles. The average molecular weight is 1470 g/mol. The molecule has 1 atom stereocenters. The minimum absolute atomic E-state index is 0.00271. The van der Waals surface area contributed by atoms with Gasteiger partial charge in [-0.25, -0.2) is 28.8 Å². The molecule has 6 rings (SSSR count). The molecule has 4 fully saturated rings. The van der Waals surface area contributed by atoms with Gasteiger partial charge in [0.2, 0.25) is 23.8 Å². The number of nitrogens with zero attached hydrogens (tertiary/aromatic N) is 4. The van der Waals surface area contributed by atoms with Crippen molar-refractivity contribution in [1.82, 2.24) is 19.6 Å². The number of hydrogen-bond acceptors (Lipinski definition) is 29. The number of amides is 5. The summed E-state index contributed by atoms with van der Waals surface area (Å²) in [7, 11) is 0. The lowest BCUT2D eigenvalue weighted by Crippen LogP contribution is -2.38. The van der Waals surface area contributed by atoms with Crippen molar-refractivity contribution in [2.45, 2.75) is 137 Å². The first kappa shape index (κ1) is 89.8. The molecule has 0 aliphatic carbocycles. The second kappa shape index (κ2) is 51.0. The Kier molecular flexibility index (Phi) is 44.1. The van der Waals surface area contributed by atoms with Gasteiger partial charge in [-0.05, 0) is 85.3 Å². The number of rotatable bonds is 38. The third kappa shape index (κ3) is 38.1. The Hall–Kier alpha value is -10.2. The maximum atomic E-state index is 12.1. The lowest BCUT2D eigenvalue weighted by molar-refractivity contribution is -0.160. The predicted octanol–water partition coefficient (Wildman–Crippen LogP) is 4.86. The zero-order chi connectivity index (χ0) is 77.5. The van der Waals surface area contributed by atoms with E-state index in [9.17, 15) is 76.7 Å². The van der Waals surface area contributed by atoms with Crippen molar-refractivity contribution in [3.63, 3.8) is 0 Å². The van der Waals surface area contributed by atoms with Crippen LogP contribution in [0.15, 0.2) is 85.0 Å². The third-order valence-corrected chi connectivity index (χ3v) is 14.5. The standard InChI is InChI=1S/C18H19NO6.C14H19NO6.C14H21NO5.C14H23NO5.C12H16O6/c1-12(2)18(23)25-10-5-8-15(20)24-11-9-19-16(21)13-6-3-4-7-14(13)17(19)22;1-10(2)14(19)21-8-3-4-13(18)20-9-7-15-11(16)5-6-12(15)17;1-11(2)14(18)20-9-4-6-13(17)19-10-8-15-7-3-5-12(15)16;1-12(2)14(17)20-8-3-4-13(16)19-11-7-15-5-9-18-10-6-15;1-8(2)11(14)16-6-3-4-10(13)18-9-5-7-17-12(9)15/h3-4,6-7H,1,5,8-11H2,2H3;1,3-9H2,2H3;1,3-10H2,2H3;1,3-11H2,2H3;9H,1,3-7H2,2H3. The van der Waals surface area contributed by atoms with Crippen LogP contribution >= 0.6 is 0 Å². The van der Waals surface area contributed by atoms with Gasteiger partial charge in [-0.1, -0.05) is 45.0 Å². The Morgan fingerprint density at radius 1 is 0.404 bits per heavy atom. The number of carbonyl (C=O) groups excluding carboxylic acids is 16. The number of morpholine rings is 1. The molecular weight excluding hydrogens is 1370 g/mol. The van der Waals surface area contributed by atoms with E-state index < -0.39 is 59.8 Å². The molecule has 574 valence electrons. The Labute approximate surface area is 604 Å². The van der Waals surface area contributed by atoms with E-state index in [1.807, 2.05) is 0 Å². The van der Waals surface area contributed by atoms with Gasteiger partial charge in [0.15, 0.2) is 0 Å². The summed E-state index contributed by atoms with van der Waals surface area (Å²) >= 11 is 0. The number of esters is 11. The van der Waals surface area contributed by atoms with E-state index >= 15 is 0 Å². The van der Waals surface area contributed by atoms with E-state index in [4.69, 9.17) is 52.1 Å². The SMILES string of the molecule is C=C(C)C(=O)OCCCC(=O)OC1CCOC1=O.C=C(C)C(=O)OCCCC(=O)OCCN1C(=O)CCC1=O.C=C(C)C(=O)OCCCC(=O)OCCN1C(=O)c2ccccc2C1=O.C=C(C)C(=O)OCCCC(=O)OCCN1CCCC1=O.C=C(C)C(=O)OCCCC(=O)OCCN1CCOCC1. The first-order chi connectivity index (χ1) is 49.4. The number of ether oxygens (including phenoxy) is 12. The molecule has 0 radical (unpaired) electrons. The van der Waals surface area contributed by atoms with Crippen molar-refractivity contribution in [3.8, 4) is 0 Å². The highest BCUT2D eigenvalue weighted by molar-refractivity contribution is 6.21. The van der Waals surface area contributed by atoms with Gasteiger partial charge in [0.25, 0.3) is 11.8 Å². The Morgan fingerprint density at radius 3 is 1.09 bits per heavy atom. The van der Waals surface area contributed by atoms with Crippen LogP contribution in [0.3, 0.4) is 0 Å². The van der Waals surface area contributed by atoms with Crippen LogP contribution < -0.4 is 0 Å². The topological polar surface area (TPSA) is 397 Å². The Bertz CT molecular complexity index is 3170. The molecule has 0 saturated carbocycles. The zero-order valence-electron chi connectivity index (χ0n) is 60.2. The van der Waals surface area contributed by atoms with E-state index in [1.165, 1.54) is 13.8 Å². The van der Waals surface area contributed by atoms with E-state index in [2.05, 4.69) is 42.5 Å². The van der Waals surface area contributed by atoms with Crippen LogP contribution in [0.25, 0.3) is 0 Å². The molecule has 0 spiro atoms.